The molecule has 0 amide bonds. The molecule has 1 aromatic rings. The topological polar surface area (TPSA) is 98.9 Å². The summed E-state index contributed by atoms with van der Waals surface area (Å²) in [5.41, 5.74) is 0.0874. The van der Waals surface area contributed by atoms with Crippen molar-refractivity contribution in [3.05, 3.63) is 33.9 Å². The molecule has 0 radical (unpaired) electrons. The van der Waals surface area contributed by atoms with Gasteiger partial charge in [0.2, 0.25) is 0 Å². The molecule has 1 N–H and O–H groups in total. The van der Waals surface area contributed by atoms with Gasteiger partial charge in [0, 0.05) is 6.07 Å². The van der Waals surface area contributed by atoms with Crippen LogP contribution >= 0.6 is 0 Å². The lowest BCUT2D eigenvalue weighted by molar-refractivity contribution is -0.385. The first-order chi connectivity index (χ1) is 8.45. The van der Waals surface area contributed by atoms with Crippen LogP contribution in [0.4, 0.5) is 5.69 Å². The molecule has 0 aliphatic heterocycles. The first-order valence-corrected chi connectivity index (χ1v) is 5.11. The molecule has 1 aromatic carbocycles. The van der Waals surface area contributed by atoms with Gasteiger partial charge in [-0.3, -0.25) is 10.1 Å². The number of aliphatic hydroxyl groups excluding tert-OH is 1. The summed E-state index contributed by atoms with van der Waals surface area (Å²) in [6.07, 6.45) is -0.821. The maximum Gasteiger partial charge on any atom is 0.343 e. The number of carbonyl (C=O) groups is 1. The Kier molecular flexibility index (Phi) is 4.61. The SMILES string of the molecule is COC(=O)COc1ccc(C(C)O)cc1[N+](=O)[O-]. The normalized spacial score (nSPS) is 11.7. The highest BCUT2D eigenvalue weighted by molar-refractivity contribution is 5.71. The van der Waals surface area contributed by atoms with Crippen LogP contribution in [0.1, 0.15) is 18.6 Å². The third-order valence-electron chi connectivity index (χ3n) is 2.24. The lowest BCUT2D eigenvalue weighted by Gasteiger charge is -2.08. The predicted octanol–water partition coefficient (Wildman–Crippen LogP) is 1.20. The largest absolute Gasteiger partial charge is 0.475 e. The summed E-state index contributed by atoms with van der Waals surface area (Å²) >= 11 is 0. The lowest BCUT2D eigenvalue weighted by atomic mass is 10.1. The van der Waals surface area contributed by atoms with Crippen LogP contribution in [0.15, 0.2) is 18.2 Å². The van der Waals surface area contributed by atoms with E-state index in [0.29, 0.717) is 5.56 Å². The van der Waals surface area contributed by atoms with Crippen molar-refractivity contribution < 1.29 is 24.3 Å². The summed E-state index contributed by atoms with van der Waals surface area (Å²) in [5.74, 6) is -0.682. The monoisotopic (exact) mass is 255 g/mol. The highest BCUT2D eigenvalue weighted by Gasteiger charge is 2.18. The van der Waals surface area contributed by atoms with Crippen LogP contribution in [-0.2, 0) is 9.53 Å². The van der Waals surface area contributed by atoms with Gasteiger partial charge in [-0.2, -0.15) is 0 Å². The molecule has 1 unspecified atom stereocenters. The van der Waals surface area contributed by atoms with Crippen molar-refractivity contribution in [3.63, 3.8) is 0 Å². The Balaban J connectivity index is 2.97. The number of nitro benzene ring substituents is 1. The van der Waals surface area contributed by atoms with E-state index in [4.69, 9.17) is 4.74 Å². The van der Waals surface area contributed by atoms with Crippen LogP contribution in [0.5, 0.6) is 5.75 Å². The highest BCUT2D eigenvalue weighted by atomic mass is 16.6. The number of ether oxygens (including phenoxy) is 2. The zero-order valence-electron chi connectivity index (χ0n) is 9.95. The summed E-state index contributed by atoms with van der Waals surface area (Å²) < 4.78 is 9.35. The standard InChI is InChI=1S/C11H13NO6/c1-7(13)8-3-4-10(9(5-8)12(15)16)18-6-11(14)17-2/h3-5,7,13H,6H2,1-2H3. The Labute approximate surface area is 103 Å². The molecule has 0 fully saturated rings. The summed E-state index contributed by atoms with van der Waals surface area (Å²) in [4.78, 5) is 21.1. The number of hydrogen-bond donors (Lipinski definition) is 1. The maximum atomic E-state index is 10.9. The third-order valence-corrected chi connectivity index (χ3v) is 2.24. The van der Waals surface area contributed by atoms with Crippen molar-refractivity contribution in [2.45, 2.75) is 13.0 Å². The van der Waals surface area contributed by atoms with Crippen molar-refractivity contribution in [2.75, 3.05) is 13.7 Å². The molecule has 7 heteroatoms. The highest BCUT2D eigenvalue weighted by Crippen LogP contribution is 2.30. The molecule has 0 bridgehead atoms. The number of aliphatic hydroxyl groups is 1. The molecular formula is C11H13NO6. The lowest BCUT2D eigenvalue weighted by Crippen LogP contribution is -2.13. The number of nitro groups is 1. The quantitative estimate of drug-likeness (QED) is 0.482. The van der Waals surface area contributed by atoms with Gasteiger partial charge in [0.05, 0.1) is 18.1 Å². The van der Waals surface area contributed by atoms with Crippen molar-refractivity contribution >= 4 is 11.7 Å². The van der Waals surface area contributed by atoms with Gasteiger partial charge >= 0.3 is 11.7 Å². The summed E-state index contributed by atoms with van der Waals surface area (Å²) in [6, 6.07) is 4.03. The van der Waals surface area contributed by atoms with E-state index in [1.807, 2.05) is 0 Å². The van der Waals surface area contributed by atoms with E-state index in [9.17, 15) is 20.0 Å². The molecule has 0 saturated carbocycles. The number of carbonyl (C=O) groups excluding carboxylic acids is 1. The molecular weight excluding hydrogens is 242 g/mol. The van der Waals surface area contributed by atoms with Crippen LogP contribution in [0.2, 0.25) is 0 Å². The van der Waals surface area contributed by atoms with E-state index >= 15 is 0 Å². The zero-order valence-corrected chi connectivity index (χ0v) is 9.95. The van der Waals surface area contributed by atoms with E-state index in [-0.39, 0.29) is 11.4 Å². The molecule has 0 heterocycles. The second-order valence-corrected chi connectivity index (χ2v) is 3.53. The zero-order chi connectivity index (χ0) is 13.7. The molecule has 98 valence electrons. The Morgan fingerprint density at radius 2 is 2.22 bits per heavy atom. The number of esters is 1. The number of rotatable bonds is 5. The average Bonchev–Trinajstić information content (AvgIpc) is 2.35. The van der Waals surface area contributed by atoms with Gasteiger partial charge in [0.1, 0.15) is 0 Å². The van der Waals surface area contributed by atoms with Crippen LogP contribution in [0.3, 0.4) is 0 Å². The smallest absolute Gasteiger partial charge is 0.343 e. The van der Waals surface area contributed by atoms with Crippen molar-refractivity contribution in [2.24, 2.45) is 0 Å². The van der Waals surface area contributed by atoms with Gasteiger partial charge in [-0.05, 0) is 18.6 Å². The molecule has 18 heavy (non-hydrogen) atoms. The number of benzene rings is 1. The minimum Gasteiger partial charge on any atom is -0.475 e. The fraction of sp³-hybridized carbons (Fsp3) is 0.364. The van der Waals surface area contributed by atoms with E-state index in [1.54, 1.807) is 0 Å². The first-order valence-electron chi connectivity index (χ1n) is 5.11. The van der Waals surface area contributed by atoms with E-state index in [0.717, 1.165) is 0 Å². The van der Waals surface area contributed by atoms with Crippen molar-refractivity contribution in [1.29, 1.82) is 0 Å². The van der Waals surface area contributed by atoms with Crippen LogP contribution in [0, 0.1) is 10.1 Å². The minimum atomic E-state index is -0.821. The molecule has 7 nitrogen and oxygen atoms in total. The number of hydrogen-bond acceptors (Lipinski definition) is 6. The summed E-state index contributed by atoms with van der Waals surface area (Å²) in [5, 5.41) is 20.2. The fourth-order valence-electron chi connectivity index (χ4n) is 1.25. The van der Waals surface area contributed by atoms with Crippen LogP contribution < -0.4 is 4.74 Å². The van der Waals surface area contributed by atoms with Gasteiger partial charge in [-0.25, -0.2) is 4.79 Å². The second-order valence-electron chi connectivity index (χ2n) is 3.53. The predicted molar refractivity (Wildman–Crippen MR) is 61.2 cm³/mol. The molecule has 0 spiro atoms. The minimum absolute atomic E-state index is 0.0465. The molecule has 0 aliphatic rings. The van der Waals surface area contributed by atoms with Crippen LogP contribution in [-0.4, -0.2) is 29.7 Å². The van der Waals surface area contributed by atoms with Gasteiger partial charge in [-0.15, -0.1) is 0 Å². The Hall–Kier alpha value is -2.15. The Morgan fingerprint density at radius 3 is 2.72 bits per heavy atom. The van der Waals surface area contributed by atoms with Crippen LogP contribution in [0.25, 0.3) is 0 Å². The van der Waals surface area contributed by atoms with E-state index in [2.05, 4.69) is 4.74 Å². The van der Waals surface area contributed by atoms with Crippen molar-refractivity contribution in [1.82, 2.24) is 0 Å². The number of nitrogens with zero attached hydrogens (tertiary/aromatic N) is 1. The Morgan fingerprint density at radius 1 is 1.56 bits per heavy atom. The Bertz CT molecular complexity index is 457. The van der Waals surface area contributed by atoms with E-state index < -0.39 is 23.6 Å². The van der Waals surface area contributed by atoms with E-state index in [1.165, 1.54) is 32.2 Å². The summed E-state index contributed by atoms with van der Waals surface area (Å²) in [7, 11) is 1.19. The average molecular weight is 255 g/mol. The van der Waals surface area contributed by atoms with Gasteiger partial charge in [-0.1, -0.05) is 6.07 Å². The fourth-order valence-corrected chi connectivity index (χ4v) is 1.25. The third kappa shape index (κ3) is 3.42. The molecule has 0 aliphatic carbocycles. The first kappa shape index (κ1) is 13.9. The summed E-state index contributed by atoms with van der Waals surface area (Å²) in [6.45, 7) is 1.08. The maximum absolute atomic E-state index is 10.9. The molecule has 1 rings (SSSR count). The second kappa shape index (κ2) is 5.97. The number of methoxy groups -OCH3 is 1. The van der Waals surface area contributed by atoms with Gasteiger partial charge < -0.3 is 14.6 Å². The molecule has 0 aromatic heterocycles. The van der Waals surface area contributed by atoms with Crippen molar-refractivity contribution in [3.8, 4) is 5.75 Å². The van der Waals surface area contributed by atoms with Gasteiger partial charge in [0.15, 0.2) is 12.4 Å². The molecule has 0 saturated heterocycles. The van der Waals surface area contributed by atoms with Gasteiger partial charge in [0.25, 0.3) is 0 Å². The molecule has 1 atom stereocenters.